The third kappa shape index (κ3) is 8.98. The van der Waals surface area contributed by atoms with E-state index in [-0.39, 0.29) is 18.6 Å². The lowest BCUT2D eigenvalue weighted by atomic mass is 9.88. The maximum atomic E-state index is 9.90. The molecule has 138 valence electrons. The van der Waals surface area contributed by atoms with Gasteiger partial charge in [0.15, 0.2) is 0 Å². The van der Waals surface area contributed by atoms with Crippen LogP contribution in [-0.4, -0.2) is 68.1 Å². The molecule has 0 aliphatic carbocycles. The van der Waals surface area contributed by atoms with Gasteiger partial charge in [0.1, 0.15) is 6.10 Å². The van der Waals surface area contributed by atoms with Gasteiger partial charge in [-0.15, -0.1) is 0 Å². The first-order valence-corrected chi connectivity index (χ1v) is 8.99. The quantitative estimate of drug-likeness (QED) is 0.437. The van der Waals surface area contributed by atoms with Gasteiger partial charge < -0.3 is 30.2 Å². The Hall–Kier alpha value is -0.240. The Balaban J connectivity index is 1.93. The van der Waals surface area contributed by atoms with Gasteiger partial charge in [-0.1, -0.05) is 26.2 Å². The molecule has 1 saturated heterocycles. The first kappa shape index (κ1) is 20.8. The molecule has 1 aliphatic rings. The van der Waals surface area contributed by atoms with Crippen molar-refractivity contribution in [2.24, 2.45) is 11.7 Å². The summed E-state index contributed by atoms with van der Waals surface area (Å²) in [5.74, 6) is 0.195. The van der Waals surface area contributed by atoms with Crippen molar-refractivity contribution in [2.75, 3.05) is 39.6 Å². The lowest BCUT2D eigenvalue weighted by Gasteiger charge is -2.37. The van der Waals surface area contributed by atoms with Crippen molar-refractivity contribution in [3.8, 4) is 0 Å². The van der Waals surface area contributed by atoms with Crippen LogP contribution >= 0.6 is 0 Å². The molecule has 6 nitrogen and oxygen atoms in total. The molecule has 0 spiro atoms. The number of hydrogen-bond acceptors (Lipinski definition) is 6. The second-order valence-corrected chi connectivity index (χ2v) is 6.40. The topological polar surface area (TPSA) is 94.2 Å². The predicted octanol–water partition coefficient (Wildman–Crippen LogP) is 1.08. The van der Waals surface area contributed by atoms with E-state index < -0.39 is 12.2 Å². The standard InChI is InChI=1S/C17H35NO5/c1-14-12-15(23-16(13-19)17(14)20)6-4-2-3-5-8-21-10-11-22-9-7-18/h14-17,19-20H,2-13,18H2,1H3. The fourth-order valence-corrected chi connectivity index (χ4v) is 2.98. The second-order valence-electron chi connectivity index (χ2n) is 6.40. The van der Waals surface area contributed by atoms with Crippen molar-refractivity contribution in [3.05, 3.63) is 0 Å². The van der Waals surface area contributed by atoms with Crippen LogP contribution in [0.15, 0.2) is 0 Å². The molecule has 1 rings (SSSR count). The van der Waals surface area contributed by atoms with E-state index in [9.17, 15) is 10.2 Å². The summed E-state index contributed by atoms with van der Waals surface area (Å²) in [5.41, 5.74) is 5.32. The fourth-order valence-electron chi connectivity index (χ4n) is 2.98. The van der Waals surface area contributed by atoms with Crippen molar-refractivity contribution >= 4 is 0 Å². The highest BCUT2D eigenvalue weighted by Crippen LogP contribution is 2.27. The Morgan fingerprint density at radius 3 is 2.43 bits per heavy atom. The van der Waals surface area contributed by atoms with E-state index in [1.165, 1.54) is 0 Å². The molecule has 0 amide bonds. The highest BCUT2D eigenvalue weighted by atomic mass is 16.5. The molecule has 1 fully saturated rings. The lowest BCUT2D eigenvalue weighted by molar-refractivity contribution is -0.157. The summed E-state index contributed by atoms with van der Waals surface area (Å²) in [6.07, 6.45) is 5.58. The fraction of sp³-hybridized carbons (Fsp3) is 1.00. The van der Waals surface area contributed by atoms with E-state index in [1.54, 1.807) is 0 Å². The molecular formula is C17H35NO5. The molecule has 4 unspecified atom stereocenters. The molecule has 0 saturated carbocycles. The van der Waals surface area contributed by atoms with Gasteiger partial charge in [0.05, 0.1) is 38.6 Å². The third-order valence-electron chi connectivity index (χ3n) is 4.34. The van der Waals surface area contributed by atoms with Crippen molar-refractivity contribution in [1.29, 1.82) is 0 Å². The van der Waals surface area contributed by atoms with Crippen LogP contribution in [0.25, 0.3) is 0 Å². The first-order chi connectivity index (χ1) is 11.2. The lowest BCUT2D eigenvalue weighted by Crippen LogP contribution is -2.45. The van der Waals surface area contributed by atoms with E-state index in [2.05, 4.69) is 0 Å². The van der Waals surface area contributed by atoms with Crippen LogP contribution in [0.1, 0.15) is 45.4 Å². The zero-order valence-corrected chi connectivity index (χ0v) is 14.5. The van der Waals surface area contributed by atoms with Crippen LogP contribution in [0.2, 0.25) is 0 Å². The van der Waals surface area contributed by atoms with E-state index in [1.807, 2.05) is 6.92 Å². The summed E-state index contributed by atoms with van der Waals surface area (Å²) >= 11 is 0. The number of aliphatic hydroxyl groups is 2. The molecule has 0 bridgehead atoms. The van der Waals surface area contributed by atoms with Crippen molar-refractivity contribution in [1.82, 2.24) is 0 Å². The van der Waals surface area contributed by atoms with E-state index in [0.717, 1.165) is 45.1 Å². The molecule has 1 aliphatic heterocycles. The van der Waals surface area contributed by atoms with Crippen molar-refractivity contribution < 1.29 is 24.4 Å². The Kier molecular flexibility index (Phi) is 11.8. The summed E-state index contributed by atoms with van der Waals surface area (Å²) in [6, 6.07) is 0. The van der Waals surface area contributed by atoms with Crippen LogP contribution in [0, 0.1) is 5.92 Å². The smallest absolute Gasteiger partial charge is 0.107 e. The monoisotopic (exact) mass is 333 g/mol. The van der Waals surface area contributed by atoms with Gasteiger partial charge in [-0.2, -0.15) is 0 Å². The maximum Gasteiger partial charge on any atom is 0.107 e. The average molecular weight is 333 g/mol. The molecular weight excluding hydrogens is 298 g/mol. The third-order valence-corrected chi connectivity index (χ3v) is 4.34. The normalized spacial score (nSPS) is 28.2. The number of ether oxygens (including phenoxy) is 3. The van der Waals surface area contributed by atoms with E-state index >= 15 is 0 Å². The van der Waals surface area contributed by atoms with Gasteiger partial charge in [0.25, 0.3) is 0 Å². The van der Waals surface area contributed by atoms with Crippen LogP contribution in [-0.2, 0) is 14.2 Å². The Bertz CT molecular complexity index is 280. The number of hydrogen-bond donors (Lipinski definition) is 3. The van der Waals surface area contributed by atoms with Gasteiger partial charge in [-0.05, 0) is 25.2 Å². The summed E-state index contributed by atoms with van der Waals surface area (Å²) in [7, 11) is 0. The number of rotatable bonds is 13. The minimum absolute atomic E-state index is 0.103. The number of unbranched alkanes of at least 4 members (excludes halogenated alkanes) is 3. The second kappa shape index (κ2) is 13.1. The van der Waals surface area contributed by atoms with Crippen molar-refractivity contribution in [2.45, 2.75) is 63.8 Å². The minimum Gasteiger partial charge on any atom is -0.394 e. The van der Waals surface area contributed by atoms with Gasteiger partial charge in [-0.25, -0.2) is 0 Å². The van der Waals surface area contributed by atoms with Crippen LogP contribution in [0.4, 0.5) is 0 Å². The van der Waals surface area contributed by atoms with Crippen LogP contribution in [0.5, 0.6) is 0 Å². The largest absolute Gasteiger partial charge is 0.394 e. The molecule has 0 radical (unpaired) electrons. The number of aliphatic hydroxyl groups excluding tert-OH is 2. The zero-order valence-electron chi connectivity index (χ0n) is 14.5. The molecule has 23 heavy (non-hydrogen) atoms. The molecule has 4 atom stereocenters. The summed E-state index contributed by atoms with van der Waals surface area (Å²) < 4.78 is 16.5. The van der Waals surface area contributed by atoms with E-state index in [0.29, 0.717) is 26.4 Å². The highest BCUT2D eigenvalue weighted by molar-refractivity contribution is 4.82. The Morgan fingerprint density at radius 2 is 1.74 bits per heavy atom. The summed E-state index contributed by atoms with van der Waals surface area (Å²) in [6.45, 7) is 5.11. The SMILES string of the molecule is CC1CC(CCCCCCOCCOCCN)OC(CO)C1O. The van der Waals surface area contributed by atoms with Gasteiger partial charge in [0, 0.05) is 13.2 Å². The molecule has 0 aromatic carbocycles. The van der Waals surface area contributed by atoms with Crippen LogP contribution in [0.3, 0.4) is 0 Å². The summed E-state index contributed by atoms with van der Waals surface area (Å²) in [4.78, 5) is 0. The first-order valence-electron chi connectivity index (χ1n) is 8.99. The Morgan fingerprint density at radius 1 is 1.04 bits per heavy atom. The molecule has 4 N–H and O–H groups in total. The molecule has 1 heterocycles. The molecule has 0 aromatic heterocycles. The van der Waals surface area contributed by atoms with Gasteiger partial charge in [0.2, 0.25) is 0 Å². The Labute approximate surface area is 140 Å². The minimum atomic E-state index is -0.540. The maximum absolute atomic E-state index is 9.90. The van der Waals surface area contributed by atoms with Gasteiger partial charge >= 0.3 is 0 Å². The predicted molar refractivity (Wildman–Crippen MR) is 89.3 cm³/mol. The van der Waals surface area contributed by atoms with E-state index in [4.69, 9.17) is 19.9 Å². The molecule has 0 aromatic rings. The summed E-state index contributed by atoms with van der Waals surface area (Å²) in [5, 5.41) is 19.1. The van der Waals surface area contributed by atoms with Crippen LogP contribution < -0.4 is 5.73 Å². The van der Waals surface area contributed by atoms with Crippen molar-refractivity contribution in [3.63, 3.8) is 0 Å². The van der Waals surface area contributed by atoms with Gasteiger partial charge in [-0.3, -0.25) is 0 Å². The zero-order chi connectivity index (χ0) is 16.9. The highest BCUT2D eigenvalue weighted by Gasteiger charge is 2.34. The average Bonchev–Trinajstić information content (AvgIpc) is 2.55. The number of nitrogens with two attached hydrogens (primary N) is 1. The molecule has 6 heteroatoms.